The van der Waals surface area contributed by atoms with Crippen LogP contribution in [-0.4, -0.2) is 48.0 Å². The normalized spacial score (nSPS) is 11.7. The maximum absolute atomic E-state index is 12.3. The number of nitrogen functional groups attached to an aromatic ring is 1. The number of esters is 1. The summed E-state index contributed by atoms with van der Waals surface area (Å²) in [6.07, 6.45) is 6.74. The average Bonchev–Trinajstić information content (AvgIpc) is 3.31. The number of pyridine rings is 1. The highest BCUT2D eigenvalue weighted by Gasteiger charge is 2.21. The molecular weight excluding hydrogens is 410 g/mol. The van der Waals surface area contributed by atoms with E-state index in [2.05, 4.69) is 20.2 Å². The second-order valence-electron chi connectivity index (χ2n) is 8.39. The lowest BCUT2D eigenvalue weighted by Crippen LogP contribution is -2.25. The molecular formula is C22H25N7O3. The van der Waals surface area contributed by atoms with E-state index in [0.717, 1.165) is 22.4 Å². The van der Waals surface area contributed by atoms with Crippen LogP contribution in [0.5, 0.6) is 5.75 Å². The van der Waals surface area contributed by atoms with E-state index in [1.54, 1.807) is 21.6 Å². The van der Waals surface area contributed by atoms with Gasteiger partial charge in [0, 0.05) is 36.1 Å². The summed E-state index contributed by atoms with van der Waals surface area (Å²) in [5, 5.41) is 8.63. The molecule has 4 heterocycles. The number of nitrogens with two attached hydrogens (primary N) is 1. The number of hydrogen-bond acceptors (Lipinski definition) is 8. The van der Waals surface area contributed by atoms with Gasteiger partial charge in [-0.1, -0.05) is 0 Å². The number of rotatable bonds is 5. The summed E-state index contributed by atoms with van der Waals surface area (Å²) in [5.74, 6) is 0.440. The second-order valence-corrected chi connectivity index (χ2v) is 8.39. The van der Waals surface area contributed by atoms with Gasteiger partial charge in [0.1, 0.15) is 23.2 Å². The van der Waals surface area contributed by atoms with Crippen LogP contribution in [0, 0.1) is 0 Å². The van der Waals surface area contributed by atoms with Crippen molar-refractivity contribution in [3.63, 3.8) is 0 Å². The quantitative estimate of drug-likeness (QED) is 0.475. The van der Waals surface area contributed by atoms with Gasteiger partial charge in [-0.15, -0.1) is 0 Å². The van der Waals surface area contributed by atoms with E-state index < -0.39 is 5.60 Å². The number of ether oxygens (including phenoxy) is 2. The number of methoxy groups -OCH3 is 1. The van der Waals surface area contributed by atoms with E-state index in [1.807, 2.05) is 46.1 Å². The Balaban J connectivity index is 1.78. The third-order valence-electron chi connectivity index (χ3n) is 4.78. The molecule has 4 rings (SSSR count). The number of carbonyl (C=O) groups excluding carboxylic acids is 1. The van der Waals surface area contributed by atoms with Gasteiger partial charge in [0.25, 0.3) is 0 Å². The van der Waals surface area contributed by atoms with Crippen molar-refractivity contribution in [2.45, 2.75) is 32.8 Å². The summed E-state index contributed by atoms with van der Waals surface area (Å²) in [4.78, 5) is 20.9. The Kier molecular flexibility index (Phi) is 5.29. The molecule has 10 nitrogen and oxygen atoms in total. The molecule has 0 amide bonds. The third-order valence-corrected chi connectivity index (χ3v) is 4.78. The van der Waals surface area contributed by atoms with Gasteiger partial charge in [0.05, 0.1) is 31.1 Å². The van der Waals surface area contributed by atoms with Gasteiger partial charge >= 0.3 is 5.97 Å². The van der Waals surface area contributed by atoms with E-state index >= 15 is 0 Å². The molecule has 166 valence electrons. The fraction of sp³-hybridized carbons (Fsp3) is 0.318. The molecule has 0 aliphatic heterocycles. The number of fused-ring (bicyclic) bond motifs is 1. The smallest absolute Gasteiger partial charge is 0.312 e. The first kappa shape index (κ1) is 21.3. The number of anilines is 1. The summed E-state index contributed by atoms with van der Waals surface area (Å²) >= 11 is 0. The van der Waals surface area contributed by atoms with Crippen molar-refractivity contribution in [3.05, 3.63) is 42.7 Å². The Morgan fingerprint density at radius 3 is 2.56 bits per heavy atom. The molecule has 0 unspecified atom stereocenters. The Morgan fingerprint density at radius 1 is 1.12 bits per heavy atom. The van der Waals surface area contributed by atoms with Crippen LogP contribution in [0.4, 0.5) is 5.82 Å². The lowest BCUT2D eigenvalue weighted by atomic mass is 10.1. The molecule has 10 heteroatoms. The molecule has 4 aromatic heterocycles. The number of carbonyl (C=O) groups is 1. The molecule has 0 aliphatic rings. The highest BCUT2D eigenvalue weighted by molar-refractivity contribution is 5.92. The summed E-state index contributed by atoms with van der Waals surface area (Å²) in [6, 6.07) is 3.78. The molecule has 0 saturated heterocycles. The molecule has 0 saturated carbocycles. The zero-order valence-electron chi connectivity index (χ0n) is 18.7. The number of hydrogen-bond donors (Lipinski definition) is 1. The molecule has 32 heavy (non-hydrogen) atoms. The summed E-state index contributed by atoms with van der Waals surface area (Å²) in [5.41, 5.74) is 10.0. The molecule has 0 aliphatic carbocycles. The average molecular weight is 435 g/mol. The molecule has 0 atom stereocenters. The summed E-state index contributed by atoms with van der Waals surface area (Å²) in [6.45, 7) is 5.47. The lowest BCUT2D eigenvalue weighted by Gasteiger charge is -2.19. The van der Waals surface area contributed by atoms with Crippen molar-refractivity contribution in [3.8, 4) is 28.1 Å². The van der Waals surface area contributed by atoms with Crippen LogP contribution in [0.1, 0.15) is 26.5 Å². The van der Waals surface area contributed by atoms with Crippen molar-refractivity contribution >= 4 is 17.3 Å². The van der Waals surface area contributed by atoms with Gasteiger partial charge < -0.3 is 15.2 Å². The van der Waals surface area contributed by atoms with Gasteiger partial charge in [-0.3, -0.25) is 14.5 Å². The van der Waals surface area contributed by atoms with Crippen molar-refractivity contribution in [2.24, 2.45) is 7.05 Å². The number of nitrogens with zero attached hydrogens (tertiary/aromatic N) is 6. The first-order valence-corrected chi connectivity index (χ1v) is 10.0. The van der Waals surface area contributed by atoms with Crippen LogP contribution >= 0.6 is 0 Å². The van der Waals surface area contributed by atoms with Crippen molar-refractivity contribution in [2.75, 3.05) is 12.8 Å². The van der Waals surface area contributed by atoms with Gasteiger partial charge in [-0.25, -0.2) is 9.50 Å². The zero-order valence-corrected chi connectivity index (χ0v) is 18.7. The van der Waals surface area contributed by atoms with E-state index in [1.165, 1.54) is 13.4 Å². The molecule has 0 spiro atoms. The topological polar surface area (TPSA) is 122 Å². The Morgan fingerprint density at radius 2 is 1.91 bits per heavy atom. The fourth-order valence-electron chi connectivity index (χ4n) is 3.49. The minimum absolute atomic E-state index is 0.00339. The monoisotopic (exact) mass is 435 g/mol. The Hall–Kier alpha value is -3.95. The van der Waals surface area contributed by atoms with Gasteiger partial charge in [0.2, 0.25) is 0 Å². The SMILES string of the molecule is COc1cc(-c2cc(-c3cnn(C)c3)n3ncnc(N)c23)cnc1CC(=O)OC(C)(C)C. The fourth-order valence-corrected chi connectivity index (χ4v) is 3.49. The van der Waals surface area contributed by atoms with Crippen LogP contribution in [0.2, 0.25) is 0 Å². The van der Waals surface area contributed by atoms with Gasteiger partial charge in [0.15, 0.2) is 5.82 Å². The lowest BCUT2D eigenvalue weighted by molar-refractivity contribution is -0.154. The minimum Gasteiger partial charge on any atom is -0.495 e. The van der Waals surface area contributed by atoms with E-state index in [0.29, 0.717) is 22.8 Å². The minimum atomic E-state index is -0.574. The largest absolute Gasteiger partial charge is 0.495 e. The molecule has 4 aromatic rings. The van der Waals surface area contributed by atoms with Crippen LogP contribution in [0.25, 0.3) is 27.9 Å². The van der Waals surface area contributed by atoms with E-state index in [-0.39, 0.29) is 12.4 Å². The van der Waals surface area contributed by atoms with E-state index in [4.69, 9.17) is 15.2 Å². The van der Waals surface area contributed by atoms with Crippen molar-refractivity contribution < 1.29 is 14.3 Å². The number of aromatic nitrogens is 6. The predicted molar refractivity (Wildman–Crippen MR) is 119 cm³/mol. The Labute approximate surface area is 185 Å². The standard InChI is InChI=1S/C22H25N7O3/c1-22(2,3)32-19(30)8-16-18(31-5)6-13(9-24-16)15-7-17(14-10-26-28(4)11-14)29-20(15)21(23)25-12-27-29/h6-7,9-12H,8H2,1-5H3,(H2,23,25,27). The summed E-state index contributed by atoms with van der Waals surface area (Å²) < 4.78 is 14.4. The van der Waals surface area contributed by atoms with Crippen LogP contribution in [0.15, 0.2) is 37.1 Å². The molecule has 0 aromatic carbocycles. The second kappa shape index (κ2) is 7.95. The van der Waals surface area contributed by atoms with Crippen molar-refractivity contribution in [1.82, 2.24) is 29.4 Å². The zero-order chi connectivity index (χ0) is 23.0. The molecule has 0 radical (unpaired) electrons. The predicted octanol–water partition coefficient (Wildman–Crippen LogP) is 2.67. The highest BCUT2D eigenvalue weighted by atomic mass is 16.6. The molecule has 2 N–H and O–H groups in total. The van der Waals surface area contributed by atoms with Crippen molar-refractivity contribution in [1.29, 1.82) is 0 Å². The number of aryl methyl sites for hydroxylation is 1. The molecule has 0 fully saturated rings. The van der Waals surface area contributed by atoms with Gasteiger partial charge in [-0.05, 0) is 32.9 Å². The van der Waals surface area contributed by atoms with Crippen LogP contribution < -0.4 is 10.5 Å². The molecule has 0 bridgehead atoms. The summed E-state index contributed by atoms with van der Waals surface area (Å²) in [7, 11) is 3.39. The third kappa shape index (κ3) is 4.11. The first-order chi connectivity index (χ1) is 15.2. The maximum atomic E-state index is 12.3. The first-order valence-electron chi connectivity index (χ1n) is 10.0. The van der Waals surface area contributed by atoms with E-state index in [9.17, 15) is 4.79 Å². The van der Waals surface area contributed by atoms with Crippen LogP contribution in [0.3, 0.4) is 0 Å². The maximum Gasteiger partial charge on any atom is 0.312 e. The Bertz CT molecular complexity index is 1300. The highest BCUT2D eigenvalue weighted by Crippen LogP contribution is 2.36. The van der Waals surface area contributed by atoms with Gasteiger partial charge in [-0.2, -0.15) is 10.2 Å². The van der Waals surface area contributed by atoms with Crippen LogP contribution in [-0.2, 0) is 23.0 Å².